The molecule has 0 aromatic heterocycles. The highest BCUT2D eigenvalue weighted by atomic mass is 32.2. The molecule has 0 fully saturated rings. The molecule has 42 heavy (non-hydrogen) atoms. The van der Waals surface area contributed by atoms with Crippen LogP contribution in [0.5, 0.6) is 5.75 Å². The number of rotatable bonds is 13. The van der Waals surface area contributed by atoms with E-state index in [1.807, 2.05) is 0 Å². The monoisotopic (exact) mass is 643 g/mol. The van der Waals surface area contributed by atoms with Crippen molar-refractivity contribution < 1.29 is 45.3 Å². The van der Waals surface area contributed by atoms with Gasteiger partial charge in [0, 0.05) is 79.2 Å². The largest absolute Gasteiger partial charge is 0.496 e. The van der Waals surface area contributed by atoms with Gasteiger partial charge in [-0.15, -0.1) is 0 Å². The first-order valence-corrected chi connectivity index (χ1v) is 17.1. The molecule has 0 aliphatic rings. The lowest BCUT2D eigenvalue weighted by Gasteiger charge is -2.24. The molecule has 4 aromatic rings. The smallest absolute Gasteiger partial charge is 0.243 e. The Morgan fingerprint density at radius 3 is 1.21 bits per heavy atom. The van der Waals surface area contributed by atoms with E-state index < -0.39 is 49.9 Å². The van der Waals surface area contributed by atoms with Crippen molar-refractivity contribution in [3.8, 4) is 5.75 Å². The van der Waals surface area contributed by atoms with Crippen LogP contribution >= 0.6 is 0 Å². The summed E-state index contributed by atoms with van der Waals surface area (Å²) in [7, 11) is -7.77. The van der Waals surface area contributed by atoms with Gasteiger partial charge in [0.25, 0.3) is 0 Å². The van der Waals surface area contributed by atoms with Crippen LogP contribution in [0, 0.1) is 0 Å². The molecular weight excluding hydrogens is 610 g/mol. The van der Waals surface area contributed by atoms with Gasteiger partial charge in [-0.25, -0.2) is 25.3 Å². The Morgan fingerprint density at radius 1 is 0.571 bits per heavy atom. The minimum atomic E-state index is -4.37. The highest BCUT2D eigenvalue weighted by Crippen LogP contribution is 2.46. The van der Waals surface area contributed by atoms with Gasteiger partial charge in [-0.2, -0.15) is 12.9 Å². The molecule has 0 unspecified atom stereocenters. The summed E-state index contributed by atoms with van der Waals surface area (Å²) in [6.07, 6.45) is 0. The van der Waals surface area contributed by atoms with Gasteiger partial charge in [0.2, 0.25) is 30.1 Å². The fourth-order valence-electron chi connectivity index (χ4n) is 4.96. The summed E-state index contributed by atoms with van der Waals surface area (Å²) in [5.74, 6) is 0.153. The van der Waals surface area contributed by atoms with Crippen molar-refractivity contribution >= 4 is 62.4 Å². The molecule has 16 heteroatoms. The first-order valence-electron chi connectivity index (χ1n) is 12.7. The van der Waals surface area contributed by atoms with Gasteiger partial charge >= 0.3 is 0 Å². The van der Waals surface area contributed by atoms with Crippen molar-refractivity contribution in [3.63, 3.8) is 0 Å². The van der Waals surface area contributed by atoms with E-state index in [0.717, 1.165) is 19.0 Å². The third-order valence-corrected chi connectivity index (χ3v) is 13.0. The highest BCUT2D eigenvalue weighted by molar-refractivity contribution is 7.90. The summed E-state index contributed by atoms with van der Waals surface area (Å²) in [4.78, 5) is -0.897. The molecule has 0 radical (unpaired) electrons. The summed E-state index contributed by atoms with van der Waals surface area (Å²) in [6, 6.07) is 8.36. The summed E-state index contributed by atoms with van der Waals surface area (Å²) in [6.45, 7) is -2.10. The van der Waals surface area contributed by atoms with Gasteiger partial charge in [-0.1, -0.05) is 18.2 Å². The van der Waals surface area contributed by atoms with Gasteiger partial charge in [0.05, 0.1) is 41.6 Å². The molecule has 0 spiro atoms. The predicted octanol–water partition coefficient (Wildman–Crippen LogP) is 0.431. The molecule has 3 N–H and O–H groups in total. The van der Waals surface area contributed by atoms with E-state index in [0.29, 0.717) is 5.39 Å². The fourth-order valence-corrected chi connectivity index (χ4v) is 9.14. The number of aliphatic hydroxyl groups is 3. The molecule has 4 rings (SSSR count). The van der Waals surface area contributed by atoms with Gasteiger partial charge in [-0.3, -0.25) is 0 Å². The maximum Gasteiger partial charge on any atom is 0.243 e. The van der Waals surface area contributed by atoms with E-state index in [1.54, 1.807) is 6.07 Å². The van der Waals surface area contributed by atoms with Crippen molar-refractivity contribution in [2.45, 2.75) is 14.7 Å². The first kappa shape index (κ1) is 32.2. The van der Waals surface area contributed by atoms with Crippen LogP contribution in [-0.2, 0) is 30.1 Å². The average molecular weight is 644 g/mol. The third-order valence-electron chi connectivity index (χ3n) is 7.28. The molecule has 4 aromatic carbocycles. The third kappa shape index (κ3) is 5.10. The van der Waals surface area contributed by atoms with Gasteiger partial charge < -0.3 is 20.1 Å². The second kappa shape index (κ2) is 11.8. The van der Waals surface area contributed by atoms with Crippen molar-refractivity contribution in [2.24, 2.45) is 0 Å². The van der Waals surface area contributed by atoms with Crippen LogP contribution in [0.3, 0.4) is 0 Å². The van der Waals surface area contributed by atoms with E-state index in [4.69, 9.17) is 4.74 Å². The molecule has 0 saturated carbocycles. The fraction of sp³-hybridized carbons (Fsp3) is 0.385. The molecule has 230 valence electrons. The van der Waals surface area contributed by atoms with E-state index in [9.17, 15) is 40.6 Å². The average Bonchev–Trinajstić information content (AvgIpc) is 2.95. The van der Waals surface area contributed by atoms with Crippen LogP contribution in [-0.4, -0.2) is 121 Å². The molecule has 0 bridgehead atoms. The molecule has 13 nitrogen and oxygen atoms in total. The van der Waals surface area contributed by atoms with Gasteiger partial charge in [0.15, 0.2) is 0 Å². The number of nitrogens with zero attached hydrogens (tertiary/aromatic N) is 3. The lowest BCUT2D eigenvalue weighted by Crippen LogP contribution is -2.31. The van der Waals surface area contributed by atoms with Crippen LogP contribution in [0.15, 0.2) is 51.1 Å². The number of ether oxygens (including phenoxy) is 1. The number of aliphatic hydroxyl groups excluding tert-OH is 3. The Kier molecular flexibility index (Phi) is 9.05. The minimum absolute atomic E-state index is 0.136. The number of hydrogen-bond acceptors (Lipinski definition) is 10. The number of hydrogen-bond donors (Lipinski definition) is 3. The van der Waals surface area contributed by atoms with E-state index in [2.05, 4.69) is 0 Å². The molecule has 0 atom stereocenters. The normalized spacial score (nSPS) is 13.5. The molecule has 0 saturated heterocycles. The van der Waals surface area contributed by atoms with Gasteiger partial charge in [0.1, 0.15) is 5.75 Å². The Labute approximate surface area is 244 Å². The Balaban J connectivity index is 2.29. The van der Waals surface area contributed by atoms with Crippen molar-refractivity contribution in [2.75, 3.05) is 67.7 Å². The standard InChI is InChI=1S/C26H33N3O10S3/c1-27(9-12-30)40(33,34)22-15-21(39-4)17-5-6-19-23(41(35,36)28(2)10-13-31)16-24(42(37,38)29(3)11-14-32)20-8-7-18(22)25(17)26(19)20/h5-8,15-16,30-32H,9-14H2,1-4H3. The van der Waals surface area contributed by atoms with Crippen LogP contribution in [0.2, 0.25) is 0 Å². The van der Waals surface area contributed by atoms with Crippen molar-refractivity contribution in [3.05, 3.63) is 36.4 Å². The SMILES string of the molecule is COc1cc(S(=O)(=O)N(C)CCO)c2ccc3c(S(=O)(=O)N(C)CCO)cc(S(=O)(=O)N(C)CCO)c4ccc1c2c43. The summed E-state index contributed by atoms with van der Waals surface area (Å²) in [5.41, 5.74) is 0. The Morgan fingerprint density at radius 2 is 0.881 bits per heavy atom. The minimum Gasteiger partial charge on any atom is -0.496 e. The zero-order valence-electron chi connectivity index (χ0n) is 23.5. The molecular formula is C26H33N3O10S3. The van der Waals surface area contributed by atoms with E-state index in [1.165, 1.54) is 52.5 Å². The predicted molar refractivity (Wildman–Crippen MR) is 157 cm³/mol. The zero-order valence-corrected chi connectivity index (χ0v) is 25.9. The maximum absolute atomic E-state index is 13.8. The molecule has 0 amide bonds. The molecule has 0 aliphatic carbocycles. The second-order valence-electron chi connectivity index (χ2n) is 9.67. The highest BCUT2D eigenvalue weighted by Gasteiger charge is 2.33. The topological polar surface area (TPSA) is 182 Å². The van der Waals surface area contributed by atoms with Gasteiger partial charge in [-0.05, 0) is 12.1 Å². The number of methoxy groups -OCH3 is 1. The maximum atomic E-state index is 13.8. The van der Waals surface area contributed by atoms with E-state index in [-0.39, 0.29) is 67.0 Å². The van der Waals surface area contributed by atoms with Crippen LogP contribution < -0.4 is 4.74 Å². The number of benzene rings is 4. The van der Waals surface area contributed by atoms with Crippen molar-refractivity contribution in [1.82, 2.24) is 12.9 Å². The van der Waals surface area contributed by atoms with Crippen molar-refractivity contribution in [1.29, 1.82) is 0 Å². The van der Waals surface area contributed by atoms with Crippen LogP contribution in [0.25, 0.3) is 32.3 Å². The lowest BCUT2D eigenvalue weighted by atomic mass is 9.93. The Hall–Kier alpha value is -2.67. The second-order valence-corrected chi connectivity index (χ2v) is 15.7. The van der Waals surface area contributed by atoms with Crippen LogP contribution in [0.4, 0.5) is 0 Å². The molecule has 0 aliphatic heterocycles. The molecule has 0 heterocycles. The number of sulfonamides is 3. The quantitative estimate of drug-likeness (QED) is 0.173. The summed E-state index contributed by atoms with van der Waals surface area (Å²) >= 11 is 0. The zero-order chi connectivity index (χ0) is 31.2. The Bertz CT molecular complexity index is 1900. The first-order chi connectivity index (χ1) is 19.7. The summed E-state index contributed by atoms with van der Waals surface area (Å²) < 4.78 is 90.6. The number of likely N-dealkylation sites (N-methyl/N-ethyl adjacent to an activating group) is 3. The lowest BCUT2D eigenvalue weighted by molar-refractivity contribution is 0.266. The van der Waals surface area contributed by atoms with Crippen LogP contribution in [0.1, 0.15) is 0 Å². The van der Waals surface area contributed by atoms with E-state index >= 15 is 0 Å². The summed E-state index contributed by atoms with van der Waals surface area (Å²) in [5, 5.41) is 29.6.